The number of rotatable bonds is 4. The smallest absolute Gasteiger partial charge is 0.106 e. The van der Waals surface area contributed by atoms with Crippen molar-refractivity contribution in [2.75, 3.05) is 5.32 Å². The van der Waals surface area contributed by atoms with Gasteiger partial charge in [-0.3, -0.25) is 0 Å². The van der Waals surface area contributed by atoms with E-state index in [4.69, 9.17) is 41.2 Å². The van der Waals surface area contributed by atoms with Crippen molar-refractivity contribution in [2.45, 2.75) is 6.54 Å². The van der Waals surface area contributed by atoms with Gasteiger partial charge in [-0.25, -0.2) is 0 Å². The van der Waals surface area contributed by atoms with Gasteiger partial charge in [0.2, 0.25) is 0 Å². The highest BCUT2D eigenvalue weighted by molar-refractivity contribution is 7.80. The highest BCUT2D eigenvalue weighted by Gasteiger charge is 2.06. The van der Waals surface area contributed by atoms with E-state index >= 15 is 0 Å². The molecule has 0 bridgehead atoms. The largest absolute Gasteiger partial charge is 0.389 e. The third-order valence-electron chi connectivity index (χ3n) is 2.64. The van der Waals surface area contributed by atoms with E-state index < -0.39 is 0 Å². The zero-order valence-electron chi connectivity index (χ0n) is 9.99. The summed E-state index contributed by atoms with van der Waals surface area (Å²) in [7, 11) is 0. The van der Waals surface area contributed by atoms with Gasteiger partial charge >= 0.3 is 0 Å². The lowest BCUT2D eigenvalue weighted by Gasteiger charge is -2.11. The van der Waals surface area contributed by atoms with Crippen LogP contribution in [0, 0.1) is 0 Å². The van der Waals surface area contributed by atoms with Crippen LogP contribution in [0.4, 0.5) is 5.69 Å². The molecule has 19 heavy (non-hydrogen) atoms. The minimum atomic E-state index is 0.320. The van der Waals surface area contributed by atoms with E-state index in [1.54, 1.807) is 12.1 Å². The molecule has 0 aliphatic heterocycles. The van der Waals surface area contributed by atoms with E-state index in [0.29, 0.717) is 16.6 Å². The fourth-order valence-electron chi connectivity index (χ4n) is 1.67. The van der Waals surface area contributed by atoms with E-state index in [0.717, 1.165) is 21.8 Å². The van der Waals surface area contributed by atoms with E-state index in [2.05, 4.69) is 5.32 Å². The second kappa shape index (κ2) is 6.24. The summed E-state index contributed by atoms with van der Waals surface area (Å²) in [5, 5.41) is 4.62. The number of thiocarbonyl (C=S) groups is 1. The zero-order chi connectivity index (χ0) is 13.8. The Labute approximate surface area is 127 Å². The molecule has 0 fully saturated rings. The molecule has 0 radical (unpaired) electrons. The molecule has 3 N–H and O–H groups in total. The van der Waals surface area contributed by atoms with E-state index in [1.807, 2.05) is 30.3 Å². The number of benzene rings is 2. The van der Waals surface area contributed by atoms with Crippen molar-refractivity contribution < 1.29 is 0 Å². The summed E-state index contributed by atoms with van der Waals surface area (Å²) in [5.41, 5.74) is 8.42. The Morgan fingerprint density at radius 1 is 1.05 bits per heavy atom. The maximum atomic E-state index is 5.94. The summed E-state index contributed by atoms with van der Waals surface area (Å²) in [5.74, 6) is 0. The molecule has 0 atom stereocenters. The van der Waals surface area contributed by atoms with Crippen LogP contribution in [0.25, 0.3) is 0 Å². The highest BCUT2D eigenvalue weighted by Crippen LogP contribution is 2.21. The van der Waals surface area contributed by atoms with E-state index in [9.17, 15) is 0 Å². The van der Waals surface area contributed by atoms with Crippen LogP contribution in [0.3, 0.4) is 0 Å². The lowest BCUT2D eigenvalue weighted by molar-refractivity contribution is 1.15. The average Bonchev–Trinajstić information content (AvgIpc) is 2.39. The molecule has 0 spiro atoms. The summed E-state index contributed by atoms with van der Waals surface area (Å²) in [6, 6.07) is 13.1. The minimum Gasteiger partial charge on any atom is -0.389 e. The lowest BCUT2D eigenvalue weighted by Crippen LogP contribution is -2.13. The lowest BCUT2D eigenvalue weighted by atomic mass is 10.1. The van der Waals surface area contributed by atoms with Crippen LogP contribution < -0.4 is 11.1 Å². The molecule has 2 aromatic carbocycles. The maximum absolute atomic E-state index is 5.94. The maximum Gasteiger partial charge on any atom is 0.106 e. The molecular weight excluding hydrogens is 299 g/mol. The fraction of sp³-hybridized carbons (Fsp3) is 0.0714. The van der Waals surface area contributed by atoms with Gasteiger partial charge in [-0.2, -0.15) is 0 Å². The van der Waals surface area contributed by atoms with Crippen molar-refractivity contribution in [3.05, 3.63) is 63.6 Å². The molecule has 5 heteroatoms. The summed E-state index contributed by atoms with van der Waals surface area (Å²) in [4.78, 5) is 0.320. The topological polar surface area (TPSA) is 38.0 Å². The van der Waals surface area contributed by atoms with Crippen LogP contribution in [-0.2, 0) is 6.54 Å². The molecule has 0 aromatic heterocycles. The first-order chi connectivity index (χ1) is 9.06. The number of hydrogen-bond donors (Lipinski definition) is 2. The quantitative estimate of drug-likeness (QED) is 0.830. The second-order valence-electron chi connectivity index (χ2n) is 4.03. The number of halogens is 2. The average molecular weight is 311 g/mol. The summed E-state index contributed by atoms with van der Waals surface area (Å²) >= 11 is 16.8. The van der Waals surface area contributed by atoms with Gasteiger partial charge in [0.25, 0.3) is 0 Å². The fourth-order valence-corrected chi connectivity index (χ4v) is 2.14. The Morgan fingerprint density at radius 3 is 2.32 bits per heavy atom. The van der Waals surface area contributed by atoms with Crippen molar-refractivity contribution in [2.24, 2.45) is 5.73 Å². The van der Waals surface area contributed by atoms with Gasteiger partial charge in [-0.15, -0.1) is 0 Å². The summed E-state index contributed by atoms with van der Waals surface area (Å²) in [6.45, 7) is 0.661. The molecule has 2 rings (SSSR count). The SMILES string of the molecule is NC(=S)c1cc(Cl)ccc1NCc1ccc(Cl)cc1. The van der Waals surface area contributed by atoms with Gasteiger partial charge < -0.3 is 11.1 Å². The third kappa shape index (κ3) is 3.83. The molecule has 2 nitrogen and oxygen atoms in total. The van der Waals surface area contributed by atoms with Crippen molar-refractivity contribution in [3.63, 3.8) is 0 Å². The first-order valence-electron chi connectivity index (χ1n) is 5.64. The summed E-state index contributed by atoms with van der Waals surface area (Å²) in [6.07, 6.45) is 0. The second-order valence-corrected chi connectivity index (χ2v) is 5.35. The third-order valence-corrected chi connectivity index (χ3v) is 3.35. The molecule has 0 saturated heterocycles. The van der Waals surface area contributed by atoms with E-state index in [1.165, 1.54) is 0 Å². The van der Waals surface area contributed by atoms with Gasteiger partial charge in [0.05, 0.1) is 0 Å². The van der Waals surface area contributed by atoms with Gasteiger partial charge in [0.1, 0.15) is 4.99 Å². The Balaban J connectivity index is 2.15. The Morgan fingerprint density at radius 2 is 1.68 bits per heavy atom. The molecule has 0 saturated carbocycles. The molecule has 0 heterocycles. The number of nitrogens with two attached hydrogens (primary N) is 1. The molecule has 0 aliphatic carbocycles. The number of hydrogen-bond acceptors (Lipinski definition) is 2. The number of nitrogens with one attached hydrogen (secondary N) is 1. The van der Waals surface area contributed by atoms with Crippen LogP contribution in [0.5, 0.6) is 0 Å². The van der Waals surface area contributed by atoms with Crippen LogP contribution in [0.15, 0.2) is 42.5 Å². The standard InChI is InChI=1S/C14H12Cl2N2S/c15-10-3-1-9(2-4-10)8-18-13-6-5-11(16)7-12(13)14(17)19/h1-7,18H,8H2,(H2,17,19). The molecule has 2 aromatic rings. The molecule has 98 valence electrons. The number of anilines is 1. The Kier molecular flexibility index (Phi) is 4.64. The van der Waals surface area contributed by atoms with Crippen LogP contribution in [0.2, 0.25) is 10.0 Å². The zero-order valence-corrected chi connectivity index (χ0v) is 12.3. The Bertz CT molecular complexity index is 597. The van der Waals surface area contributed by atoms with Crippen LogP contribution in [-0.4, -0.2) is 4.99 Å². The summed E-state index contributed by atoms with van der Waals surface area (Å²) < 4.78 is 0. The van der Waals surface area contributed by atoms with Crippen molar-refractivity contribution >= 4 is 46.1 Å². The van der Waals surface area contributed by atoms with Gasteiger partial charge in [-0.05, 0) is 35.9 Å². The van der Waals surface area contributed by atoms with Crippen molar-refractivity contribution in [1.82, 2.24) is 0 Å². The van der Waals surface area contributed by atoms with E-state index in [-0.39, 0.29) is 0 Å². The Hall–Kier alpha value is -1.29. The predicted molar refractivity (Wildman–Crippen MR) is 86.1 cm³/mol. The first kappa shape index (κ1) is 14.1. The van der Waals surface area contributed by atoms with Crippen LogP contribution >= 0.6 is 35.4 Å². The molecule has 0 aliphatic rings. The normalized spacial score (nSPS) is 10.2. The molecule has 0 unspecified atom stereocenters. The molecular formula is C14H12Cl2N2S. The van der Waals surface area contributed by atoms with Crippen LogP contribution in [0.1, 0.15) is 11.1 Å². The van der Waals surface area contributed by atoms with Crippen molar-refractivity contribution in [1.29, 1.82) is 0 Å². The van der Waals surface area contributed by atoms with Crippen molar-refractivity contribution in [3.8, 4) is 0 Å². The predicted octanol–water partition coefficient (Wildman–Crippen LogP) is 4.24. The molecule has 0 amide bonds. The monoisotopic (exact) mass is 310 g/mol. The van der Waals surface area contributed by atoms with Gasteiger partial charge in [0, 0.05) is 27.8 Å². The van der Waals surface area contributed by atoms with Gasteiger partial charge in [-0.1, -0.05) is 47.6 Å². The first-order valence-corrected chi connectivity index (χ1v) is 6.80. The minimum absolute atomic E-state index is 0.320. The van der Waals surface area contributed by atoms with Gasteiger partial charge in [0.15, 0.2) is 0 Å². The highest BCUT2D eigenvalue weighted by atomic mass is 35.5.